The maximum Gasteiger partial charge on any atom is 0.282 e. The van der Waals surface area contributed by atoms with Crippen LogP contribution in [0, 0.1) is 6.92 Å². The Bertz CT molecular complexity index is 1250. The van der Waals surface area contributed by atoms with E-state index in [9.17, 15) is 9.59 Å². The minimum absolute atomic E-state index is 0.0202. The highest BCUT2D eigenvalue weighted by Gasteiger charge is 2.40. The normalized spacial score (nSPS) is 14.1. The van der Waals surface area contributed by atoms with Gasteiger partial charge < -0.3 is 10.1 Å². The van der Waals surface area contributed by atoms with Crippen molar-refractivity contribution < 1.29 is 14.3 Å². The molecular formula is C29H30N2O3. The molecule has 5 heteroatoms. The number of nitrogens with zero attached hydrogens (tertiary/aromatic N) is 1. The van der Waals surface area contributed by atoms with Gasteiger partial charge in [0.2, 0.25) is 0 Å². The molecule has 1 aliphatic heterocycles. The number of carbonyl (C=O) groups is 2. The van der Waals surface area contributed by atoms with Crippen LogP contribution in [0.15, 0.2) is 78.5 Å². The standard InChI is InChI=1S/C29H30N2O3/c1-6-34-24-16-10-20(11-17-24)25-26(30-22-14-12-21(13-15-22)29(3,4)5)28(33)31(27(25)32)23-9-7-8-19(2)18-23/h7-18,30H,6H2,1-5H3. The Kier molecular flexibility index (Phi) is 6.29. The second-order valence-electron chi connectivity index (χ2n) is 9.44. The molecule has 0 saturated carbocycles. The van der Waals surface area contributed by atoms with Crippen LogP contribution in [0.4, 0.5) is 11.4 Å². The number of benzene rings is 3. The van der Waals surface area contributed by atoms with Crippen molar-refractivity contribution in [3.05, 3.63) is 95.2 Å². The fraction of sp³-hybridized carbons (Fsp3) is 0.241. The number of hydrogen-bond acceptors (Lipinski definition) is 4. The van der Waals surface area contributed by atoms with Crippen LogP contribution in [0.2, 0.25) is 0 Å². The summed E-state index contributed by atoms with van der Waals surface area (Å²) >= 11 is 0. The Morgan fingerprint density at radius 2 is 1.56 bits per heavy atom. The van der Waals surface area contributed by atoms with E-state index in [4.69, 9.17) is 4.74 Å². The maximum absolute atomic E-state index is 13.6. The fourth-order valence-corrected chi connectivity index (χ4v) is 4.00. The molecule has 3 aromatic rings. The number of rotatable bonds is 6. The van der Waals surface area contributed by atoms with Crippen molar-refractivity contribution in [1.29, 1.82) is 0 Å². The van der Waals surface area contributed by atoms with Gasteiger partial charge in [0.15, 0.2) is 0 Å². The van der Waals surface area contributed by atoms with E-state index in [2.05, 4.69) is 26.1 Å². The van der Waals surface area contributed by atoms with E-state index in [0.717, 1.165) is 11.3 Å². The van der Waals surface area contributed by atoms with Gasteiger partial charge in [0, 0.05) is 5.69 Å². The molecule has 0 aromatic heterocycles. The van der Waals surface area contributed by atoms with Crippen molar-refractivity contribution in [2.24, 2.45) is 0 Å². The molecule has 34 heavy (non-hydrogen) atoms. The molecule has 1 aliphatic rings. The third-order valence-electron chi connectivity index (χ3n) is 5.82. The van der Waals surface area contributed by atoms with Gasteiger partial charge in [-0.25, -0.2) is 4.90 Å². The van der Waals surface area contributed by atoms with Crippen LogP contribution in [-0.4, -0.2) is 18.4 Å². The van der Waals surface area contributed by atoms with E-state index in [-0.39, 0.29) is 22.9 Å². The van der Waals surface area contributed by atoms with E-state index >= 15 is 0 Å². The molecule has 0 bridgehead atoms. The van der Waals surface area contributed by atoms with Gasteiger partial charge in [-0.15, -0.1) is 0 Å². The Morgan fingerprint density at radius 1 is 0.882 bits per heavy atom. The number of anilines is 2. The lowest BCUT2D eigenvalue weighted by Gasteiger charge is -2.19. The van der Waals surface area contributed by atoms with Gasteiger partial charge >= 0.3 is 0 Å². The van der Waals surface area contributed by atoms with Crippen LogP contribution in [-0.2, 0) is 15.0 Å². The molecule has 0 unspecified atom stereocenters. The minimum Gasteiger partial charge on any atom is -0.494 e. The van der Waals surface area contributed by atoms with Crippen LogP contribution in [0.1, 0.15) is 44.4 Å². The first-order valence-corrected chi connectivity index (χ1v) is 11.5. The molecule has 174 valence electrons. The molecule has 0 spiro atoms. The Labute approximate surface area is 201 Å². The largest absolute Gasteiger partial charge is 0.494 e. The predicted molar refractivity (Wildman–Crippen MR) is 137 cm³/mol. The average molecular weight is 455 g/mol. The van der Waals surface area contributed by atoms with Gasteiger partial charge in [-0.2, -0.15) is 0 Å². The number of amides is 2. The van der Waals surface area contributed by atoms with Crippen LogP contribution in [0.5, 0.6) is 5.75 Å². The van der Waals surface area contributed by atoms with Gasteiger partial charge in [-0.05, 0) is 72.4 Å². The first kappa shape index (κ1) is 23.3. The zero-order chi connectivity index (χ0) is 24.5. The SMILES string of the molecule is CCOc1ccc(C2=C(Nc3ccc(C(C)(C)C)cc3)C(=O)N(c3cccc(C)c3)C2=O)cc1. The Hall–Kier alpha value is -3.86. The van der Waals surface area contributed by atoms with Gasteiger partial charge in [0.05, 0.1) is 17.9 Å². The quantitative estimate of drug-likeness (QED) is 0.458. The van der Waals surface area contributed by atoms with Crippen molar-refractivity contribution in [2.45, 2.75) is 40.0 Å². The summed E-state index contributed by atoms with van der Waals surface area (Å²) in [5.74, 6) is -0.0144. The summed E-state index contributed by atoms with van der Waals surface area (Å²) in [5, 5.41) is 3.24. The molecular weight excluding hydrogens is 424 g/mol. The topological polar surface area (TPSA) is 58.6 Å². The number of aryl methyl sites for hydroxylation is 1. The number of nitrogens with one attached hydrogen (secondary N) is 1. The van der Waals surface area contributed by atoms with E-state index in [1.165, 1.54) is 10.5 Å². The average Bonchev–Trinajstić information content (AvgIpc) is 3.03. The highest BCUT2D eigenvalue weighted by atomic mass is 16.5. The smallest absolute Gasteiger partial charge is 0.282 e. The summed E-state index contributed by atoms with van der Waals surface area (Å²) in [6.45, 7) is 10.9. The molecule has 0 radical (unpaired) electrons. The van der Waals surface area contributed by atoms with Crippen molar-refractivity contribution in [3.63, 3.8) is 0 Å². The number of imide groups is 1. The third-order valence-corrected chi connectivity index (χ3v) is 5.82. The monoisotopic (exact) mass is 454 g/mol. The highest BCUT2D eigenvalue weighted by molar-refractivity contribution is 6.46. The summed E-state index contributed by atoms with van der Waals surface area (Å²) in [5.41, 5.74) is 4.75. The van der Waals surface area contributed by atoms with E-state index in [0.29, 0.717) is 29.2 Å². The highest BCUT2D eigenvalue weighted by Crippen LogP contribution is 2.35. The second-order valence-corrected chi connectivity index (χ2v) is 9.44. The lowest BCUT2D eigenvalue weighted by Crippen LogP contribution is -2.32. The van der Waals surface area contributed by atoms with Crippen molar-refractivity contribution >= 4 is 28.8 Å². The summed E-state index contributed by atoms with van der Waals surface area (Å²) in [6, 6.07) is 22.6. The van der Waals surface area contributed by atoms with Crippen molar-refractivity contribution in [3.8, 4) is 5.75 Å². The van der Waals surface area contributed by atoms with E-state index < -0.39 is 0 Å². The van der Waals surface area contributed by atoms with E-state index in [1.807, 2.05) is 80.6 Å². The Balaban J connectivity index is 1.76. The van der Waals surface area contributed by atoms with Gasteiger partial charge in [-0.3, -0.25) is 9.59 Å². The molecule has 5 nitrogen and oxygen atoms in total. The van der Waals surface area contributed by atoms with Gasteiger partial charge in [0.25, 0.3) is 11.8 Å². The molecule has 4 rings (SSSR count). The first-order chi connectivity index (χ1) is 16.2. The molecule has 0 atom stereocenters. The van der Waals surface area contributed by atoms with Crippen LogP contribution >= 0.6 is 0 Å². The Morgan fingerprint density at radius 3 is 2.15 bits per heavy atom. The van der Waals surface area contributed by atoms with Gasteiger partial charge in [-0.1, -0.05) is 57.2 Å². The molecule has 0 fully saturated rings. The number of hydrogen-bond donors (Lipinski definition) is 1. The summed E-state index contributed by atoms with van der Waals surface area (Å²) in [6.07, 6.45) is 0. The van der Waals surface area contributed by atoms with Crippen molar-refractivity contribution in [1.82, 2.24) is 0 Å². The van der Waals surface area contributed by atoms with Gasteiger partial charge in [0.1, 0.15) is 11.4 Å². The zero-order valence-corrected chi connectivity index (χ0v) is 20.3. The molecule has 1 N–H and O–H groups in total. The van der Waals surface area contributed by atoms with E-state index in [1.54, 1.807) is 6.07 Å². The molecule has 0 saturated heterocycles. The molecule has 1 heterocycles. The first-order valence-electron chi connectivity index (χ1n) is 11.5. The van der Waals surface area contributed by atoms with Crippen LogP contribution in [0.3, 0.4) is 0 Å². The van der Waals surface area contributed by atoms with Crippen LogP contribution in [0.25, 0.3) is 5.57 Å². The predicted octanol–water partition coefficient (Wildman–Crippen LogP) is 6.09. The summed E-state index contributed by atoms with van der Waals surface area (Å²) < 4.78 is 5.54. The molecule has 2 amide bonds. The number of carbonyl (C=O) groups excluding carboxylic acids is 2. The van der Waals surface area contributed by atoms with Crippen molar-refractivity contribution in [2.75, 3.05) is 16.8 Å². The lowest BCUT2D eigenvalue weighted by atomic mass is 9.87. The second kappa shape index (κ2) is 9.18. The fourth-order valence-electron chi connectivity index (χ4n) is 4.00. The lowest BCUT2D eigenvalue weighted by molar-refractivity contribution is -0.120. The maximum atomic E-state index is 13.6. The summed E-state index contributed by atoms with van der Waals surface area (Å²) in [4.78, 5) is 28.4. The summed E-state index contributed by atoms with van der Waals surface area (Å²) in [7, 11) is 0. The third kappa shape index (κ3) is 4.60. The van der Waals surface area contributed by atoms with Crippen LogP contribution < -0.4 is 15.0 Å². The zero-order valence-electron chi connectivity index (χ0n) is 20.3. The minimum atomic E-state index is -0.376. The molecule has 0 aliphatic carbocycles. The number of ether oxygens (including phenoxy) is 1. The molecule has 3 aromatic carbocycles.